The van der Waals surface area contributed by atoms with Crippen LogP contribution < -0.4 is 4.90 Å². The number of benzene rings is 2. The van der Waals surface area contributed by atoms with E-state index in [4.69, 9.17) is 11.6 Å². The number of halogens is 1. The minimum atomic E-state index is -0.178. The van der Waals surface area contributed by atoms with Gasteiger partial charge in [0.1, 0.15) is 0 Å². The predicted octanol–water partition coefficient (Wildman–Crippen LogP) is 2.76. The third-order valence-corrected chi connectivity index (χ3v) is 5.30. The van der Waals surface area contributed by atoms with Crippen molar-refractivity contribution in [2.45, 2.75) is 0 Å². The molecule has 2 aromatic carbocycles. The normalized spacial score (nSPS) is 17.7. The van der Waals surface area contributed by atoms with E-state index in [2.05, 4.69) is 15.9 Å². The maximum Gasteiger partial charge on any atom is 0.261 e. The second-order valence-electron chi connectivity index (χ2n) is 6.62. The number of rotatable bonds is 4. The average molecular weight is 370 g/mol. The van der Waals surface area contributed by atoms with Crippen molar-refractivity contribution in [2.24, 2.45) is 0 Å². The van der Waals surface area contributed by atoms with Crippen LogP contribution in [0, 0.1) is 0 Å². The average Bonchev–Trinajstić information content (AvgIpc) is 2.91. The Labute approximate surface area is 157 Å². The van der Waals surface area contributed by atoms with Crippen molar-refractivity contribution in [2.75, 3.05) is 44.2 Å². The van der Waals surface area contributed by atoms with Crippen molar-refractivity contribution < 1.29 is 9.59 Å². The Balaban J connectivity index is 1.32. The predicted molar refractivity (Wildman–Crippen MR) is 102 cm³/mol. The first-order valence-electron chi connectivity index (χ1n) is 8.81. The minimum absolute atomic E-state index is 0.178. The number of hydrogen-bond donors (Lipinski definition) is 0. The smallest absolute Gasteiger partial charge is 0.261 e. The molecule has 0 bridgehead atoms. The summed E-state index contributed by atoms with van der Waals surface area (Å²) in [4.78, 5) is 30.8. The molecule has 2 aromatic rings. The molecular weight excluding hydrogens is 350 g/mol. The molecule has 2 amide bonds. The molecule has 6 heteroatoms. The first-order valence-corrected chi connectivity index (χ1v) is 9.19. The van der Waals surface area contributed by atoms with Crippen molar-refractivity contribution >= 4 is 29.1 Å². The molecule has 134 valence electrons. The fraction of sp³-hybridized carbons (Fsp3) is 0.300. The van der Waals surface area contributed by atoms with E-state index in [1.54, 1.807) is 24.3 Å². The molecular formula is C20H20ClN3O2. The van der Waals surface area contributed by atoms with Gasteiger partial charge in [-0.05, 0) is 30.3 Å². The number of imide groups is 1. The van der Waals surface area contributed by atoms with E-state index >= 15 is 0 Å². The maximum atomic E-state index is 12.4. The number of amides is 2. The highest BCUT2D eigenvalue weighted by molar-refractivity contribution is 6.30. The summed E-state index contributed by atoms with van der Waals surface area (Å²) < 4.78 is 0. The molecule has 4 rings (SSSR count). The van der Waals surface area contributed by atoms with Crippen LogP contribution in [0.25, 0.3) is 0 Å². The Morgan fingerprint density at radius 2 is 1.46 bits per heavy atom. The topological polar surface area (TPSA) is 43.9 Å². The van der Waals surface area contributed by atoms with Crippen molar-refractivity contribution in [3.8, 4) is 0 Å². The van der Waals surface area contributed by atoms with Crippen molar-refractivity contribution in [3.05, 3.63) is 64.7 Å². The number of piperazine rings is 1. The molecule has 1 fully saturated rings. The maximum absolute atomic E-state index is 12.4. The molecule has 0 atom stereocenters. The van der Waals surface area contributed by atoms with Gasteiger partial charge in [-0.15, -0.1) is 0 Å². The highest BCUT2D eigenvalue weighted by Gasteiger charge is 2.35. The largest absolute Gasteiger partial charge is 0.369 e. The monoisotopic (exact) mass is 369 g/mol. The zero-order valence-electron chi connectivity index (χ0n) is 14.4. The fourth-order valence-corrected chi connectivity index (χ4v) is 3.77. The van der Waals surface area contributed by atoms with Crippen molar-refractivity contribution in [3.63, 3.8) is 0 Å². The molecule has 0 unspecified atom stereocenters. The number of fused-ring (bicyclic) bond motifs is 1. The summed E-state index contributed by atoms with van der Waals surface area (Å²) in [7, 11) is 0. The van der Waals surface area contributed by atoms with Gasteiger partial charge in [-0.25, -0.2) is 0 Å². The van der Waals surface area contributed by atoms with E-state index in [1.165, 1.54) is 4.90 Å². The van der Waals surface area contributed by atoms with Gasteiger partial charge in [-0.1, -0.05) is 29.8 Å². The van der Waals surface area contributed by atoms with Gasteiger partial charge in [-0.2, -0.15) is 0 Å². The first-order chi connectivity index (χ1) is 12.6. The zero-order chi connectivity index (χ0) is 18.1. The van der Waals surface area contributed by atoms with Crippen LogP contribution in [0.1, 0.15) is 20.7 Å². The van der Waals surface area contributed by atoms with Crippen molar-refractivity contribution in [1.82, 2.24) is 9.80 Å². The quantitative estimate of drug-likeness (QED) is 0.777. The number of carbonyl (C=O) groups excluding carboxylic acids is 2. The molecule has 0 N–H and O–H groups in total. The van der Waals surface area contributed by atoms with Gasteiger partial charge in [0.25, 0.3) is 11.8 Å². The summed E-state index contributed by atoms with van der Waals surface area (Å²) in [5.74, 6) is -0.355. The number of hydrogen-bond acceptors (Lipinski definition) is 4. The van der Waals surface area contributed by atoms with Crippen LogP contribution >= 0.6 is 11.6 Å². The summed E-state index contributed by atoms with van der Waals surface area (Å²) in [6, 6.07) is 14.9. The van der Waals surface area contributed by atoms with Gasteiger partial charge in [0.2, 0.25) is 0 Å². The molecule has 2 aliphatic rings. The molecule has 1 saturated heterocycles. The molecule has 5 nitrogen and oxygen atoms in total. The van der Waals surface area contributed by atoms with Gasteiger partial charge in [0.05, 0.1) is 11.1 Å². The number of nitrogens with zero attached hydrogens (tertiary/aromatic N) is 3. The summed E-state index contributed by atoms with van der Waals surface area (Å²) in [5.41, 5.74) is 2.17. The Bertz CT molecular complexity index is 811. The highest BCUT2D eigenvalue weighted by atomic mass is 35.5. The molecule has 0 aromatic heterocycles. The minimum Gasteiger partial charge on any atom is -0.369 e. The van der Waals surface area contributed by atoms with E-state index in [-0.39, 0.29) is 11.8 Å². The SMILES string of the molecule is O=C1c2ccccc2C(=O)N1CCN1CCN(c2cccc(Cl)c2)CC1. The van der Waals surface area contributed by atoms with Gasteiger partial charge < -0.3 is 4.90 Å². The summed E-state index contributed by atoms with van der Waals surface area (Å²) in [5, 5.41) is 0.746. The third kappa shape index (κ3) is 3.20. The first kappa shape index (κ1) is 17.1. The second kappa shape index (κ2) is 7.09. The number of carbonyl (C=O) groups is 2. The van der Waals surface area contributed by atoms with Crippen LogP contribution in [0.15, 0.2) is 48.5 Å². The number of anilines is 1. The fourth-order valence-electron chi connectivity index (χ4n) is 3.59. The standard InChI is InChI=1S/C20H20ClN3O2/c21-15-4-3-5-16(14-15)23-11-8-22(9-12-23)10-13-24-19(25)17-6-1-2-7-18(17)20(24)26/h1-7,14H,8-13H2. The van der Waals surface area contributed by atoms with Crippen LogP contribution in [0.3, 0.4) is 0 Å². The van der Waals surface area contributed by atoms with E-state index in [0.717, 1.165) is 36.9 Å². The lowest BCUT2D eigenvalue weighted by atomic mass is 10.1. The Hall–Kier alpha value is -2.37. The van der Waals surface area contributed by atoms with Crippen LogP contribution in [0.5, 0.6) is 0 Å². The lowest BCUT2D eigenvalue weighted by Gasteiger charge is -2.36. The summed E-state index contributed by atoms with van der Waals surface area (Å²) >= 11 is 6.07. The lowest BCUT2D eigenvalue weighted by molar-refractivity contribution is 0.0635. The second-order valence-corrected chi connectivity index (χ2v) is 7.05. The summed E-state index contributed by atoms with van der Waals surface area (Å²) in [6.07, 6.45) is 0. The molecule has 26 heavy (non-hydrogen) atoms. The van der Waals surface area contributed by atoms with Gasteiger partial charge in [0.15, 0.2) is 0 Å². The van der Waals surface area contributed by atoms with Crippen LogP contribution in [-0.4, -0.2) is 60.9 Å². The Kier molecular flexibility index (Phi) is 4.66. The molecule has 2 heterocycles. The van der Waals surface area contributed by atoms with E-state index < -0.39 is 0 Å². The van der Waals surface area contributed by atoms with Crippen molar-refractivity contribution in [1.29, 1.82) is 0 Å². The van der Waals surface area contributed by atoms with E-state index in [1.807, 2.05) is 18.2 Å². The van der Waals surface area contributed by atoms with Gasteiger partial charge >= 0.3 is 0 Å². The third-order valence-electron chi connectivity index (χ3n) is 5.06. The Morgan fingerprint density at radius 3 is 2.08 bits per heavy atom. The van der Waals surface area contributed by atoms with Gasteiger partial charge in [-0.3, -0.25) is 19.4 Å². The van der Waals surface area contributed by atoms with E-state index in [9.17, 15) is 9.59 Å². The highest BCUT2D eigenvalue weighted by Crippen LogP contribution is 2.23. The van der Waals surface area contributed by atoms with Crippen LogP contribution in [-0.2, 0) is 0 Å². The Morgan fingerprint density at radius 1 is 0.808 bits per heavy atom. The molecule has 0 spiro atoms. The van der Waals surface area contributed by atoms with E-state index in [0.29, 0.717) is 24.2 Å². The lowest BCUT2D eigenvalue weighted by Crippen LogP contribution is -2.49. The zero-order valence-corrected chi connectivity index (χ0v) is 15.2. The van der Waals surface area contributed by atoms with Crippen LogP contribution in [0.2, 0.25) is 5.02 Å². The molecule has 2 aliphatic heterocycles. The molecule has 0 aliphatic carbocycles. The summed E-state index contributed by atoms with van der Waals surface area (Å²) in [6.45, 7) is 4.74. The van der Waals surface area contributed by atoms with Gasteiger partial charge in [0, 0.05) is 50.0 Å². The molecule has 0 saturated carbocycles. The molecule has 0 radical (unpaired) electrons. The van der Waals surface area contributed by atoms with Crippen LogP contribution in [0.4, 0.5) is 5.69 Å².